The van der Waals surface area contributed by atoms with Crippen LogP contribution in [0.1, 0.15) is 26.5 Å². The zero-order chi connectivity index (χ0) is 20.1. The highest BCUT2D eigenvalue weighted by molar-refractivity contribution is 5.92. The monoisotopic (exact) mass is 380 g/mol. The summed E-state index contributed by atoms with van der Waals surface area (Å²) in [5, 5.41) is 11.0. The number of anilines is 1. The van der Waals surface area contributed by atoms with Gasteiger partial charge in [-0.2, -0.15) is 0 Å². The summed E-state index contributed by atoms with van der Waals surface area (Å²) in [7, 11) is 1.56. The molecule has 0 spiro atoms. The molecule has 28 heavy (non-hydrogen) atoms. The number of nitrogens with zero attached hydrogens (tertiary/aromatic N) is 3. The van der Waals surface area contributed by atoms with E-state index in [2.05, 4.69) is 36.4 Å². The van der Waals surface area contributed by atoms with E-state index < -0.39 is 0 Å². The number of methoxy groups -OCH3 is 1. The van der Waals surface area contributed by atoms with Crippen molar-refractivity contribution >= 4 is 11.6 Å². The topological polar surface area (TPSA) is 78.3 Å². The Bertz CT molecular complexity index is 943. The number of carbonyl (C=O) groups is 1. The standard InChI is InChI=1S/C21H24N4O3/c1-21(2,3)19-13-22-24-25(19)16-11-9-15(10-12-16)23-20(26)14-28-18-8-6-5-7-17(18)27-4/h5-13H,14H2,1-4H3,(H,23,26). The highest BCUT2D eigenvalue weighted by Gasteiger charge is 2.20. The predicted octanol–water partition coefficient (Wildman–Crippen LogP) is 3.59. The number of aromatic nitrogens is 3. The van der Waals surface area contributed by atoms with Crippen LogP contribution < -0.4 is 14.8 Å². The van der Waals surface area contributed by atoms with Crippen LogP contribution in [-0.2, 0) is 10.2 Å². The molecule has 0 aliphatic carbocycles. The summed E-state index contributed by atoms with van der Waals surface area (Å²) in [4.78, 5) is 12.2. The maximum Gasteiger partial charge on any atom is 0.262 e. The summed E-state index contributed by atoms with van der Waals surface area (Å²) in [6.45, 7) is 6.22. The van der Waals surface area contributed by atoms with E-state index in [0.29, 0.717) is 17.2 Å². The van der Waals surface area contributed by atoms with E-state index in [-0.39, 0.29) is 17.9 Å². The van der Waals surface area contributed by atoms with E-state index in [0.717, 1.165) is 11.4 Å². The molecule has 0 saturated carbocycles. The SMILES string of the molecule is COc1ccccc1OCC(=O)Nc1ccc(-n2nncc2C(C)(C)C)cc1. The summed E-state index contributed by atoms with van der Waals surface area (Å²) in [5.74, 6) is 0.855. The van der Waals surface area contributed by atoms with Crippen molar-refractivity contribution in [2.45, 2.75) is 26.2 Å². The van der Waals surface area contributed by atoms with Gasteiger partial charge in [0.25, 0.3) is 5.91 Å². The number of hydrogen-bond acceptors (Lipinski definition) is 5. The number of rotatable bonds is 6. The van der Waals surface area contributed by atoms with E-state index in [1.54, 1.807) is 30.1 Å². The van der Waals surface area contributed by atoms with E-state index in [4.69, 9.17) is 9.47 Å². The van der Waals surface area contributed by atoms with E-state index in [1.807, 2.05) is 36.4 Å². The third kappa shape index (κ3) is 4.49. The van der Waals surface area contributed by atoms with Gasteiger partial charge in [0.2, 0.25) is 0 Å². The molecule has 1 amide bonds. The smallest absolute Gasteiger partial charge is 0.262 e. The minimum absolute atomic E-state index is 0.0772. The van der Waals surface area contributed by atoms with Crippen LogP contribution in [0.2, 0.25) is 0 Å². The molecule has 0 saturated heterocycles. The second-order valence-electron chi connectivity index (χ2n) is 7.32. The maximum absolute atomic E-state index is 12.2. The molecule has 3 aromatic rings. The number of para-hydroxylation sites is 2. The molecular formula is C21H24N4O3. The molecule has 146 valence electrons. The number of hydrogen-bond donors (Lipinski definition) is 1. The quantitative estimate of drug-likeness (QED) is 0.707. The average Bonchev–Trinajstić information content (AvgIpc) is 3.17. The molecule has 1 N–H and O–H groups in total. The number of amides is 1. The van der Waals surface area contributed by atoms with Gasteiger partial charge in [-0.1, -0.05) is 38.1 Å². The molecule has 7 nitrogen and oxygen atoms in total. The molecule has 0 radical (unpaired) electrons. The minimum Gasteiger partial charge on any atom is -0.493 e. The van der Waals surface area contributed by atoms with Gasteiger partial charge >= 0.3 is 0 Å². The van der Waals surface area contributed by atoms with Gasteiger partial charge in [-0.05, 0) is 36.4 Å². The first-order valence-electron chi connectivity index (χ1n) is 8.96. The van der Waals surface area contributed by atoms with Crippen molar-refractivity contribution in [3.63, 3.8) is 0 Å². The fourth-order valence-electron chi connectivity index (χ4n) is 2.70. The Balaban J connectivity index is 1.63. The first-order valence-corrected chi connectivity index (χ1v) is 8.96. The minimum atomic E-state index is -0.255. The van der Waals surface area contributed by atoms with Gasteiger partial charge < -0.3 is 14.8 Å². The van der Waals surface area contributed by atoms with Gasteiger partial charge in [-0.3, -0.25) is 4.79 Å². The van der Waals surface area contributed by atoms with Crippen molar-refractivity contribution in [3.8, 4) is 17.2 Å². The molecule has 0 bridgehead atoms. The molecule has 0 fully saturated rings. The first-order chi connectivity index (χ1) is 13.4. The van der Waals surface area contributed by atoms with Crippen LogP contribution in [-0.4, -0.2) is 34.6 Å². The Labute approximate surface area is 164 Å². The molecule has 0 aliphatic rings. The van der Waals surface area contributed by atoms with Crippen LogP contribution in [0.4, 0.5) is 5.69 Å². The van der Waals surface area contributed by atoms with Gasteiger partial charge in [-0.15, -0.1) is 5.10 Å². The Morgan fingerprint density at radius 2 is 1.75 bits per heavy atom. The largest absolute Gasteiger partial charge is 0.493 e. The fraction of sp³-hybridized carbons (Fsp3) is 0.286. The van der Waals surface area contributed by atoms with Crippen molar-refractivity contribution in [2.75, 3.05) is 19.0 Å². The Hall–Kier alpha value is -3.35. The molecule has 0 unspecified atom stereocenters. The average molecular weight is 380 g/mol. The van der Waals surface area contributed by atoms with Crippen LogP contribution in [0.25, 0.3) is 5.69 Å². The van der Waals surface area contributed by atoms with Crippen LogP contribution in [0.5, 0.6) is 11.5 Å². The molecule has 2 aromatic carbocycles. The molecule has 1 heterocycles. The van der Waals surface area contributed by atoms with Crippen molar-refractivity contribution in [3.05, 3.63) is 60.4 Å². The summed E-state index contributed by atoms with van der Waals surface area (Å²) in [6.07, 6.45) is 1.77. The van der Waals surface area contributed by atoms with Gasteiger partial charge in [0.05, 0.1) is 24.7 Å². The molecule has 0 atom stereocenters. The molecular weight excluding hydrogens is 356 g/mol. The number of benzene rings is 2. The van der Waals surface area contributed by atoms with Crippen LogP contribution in [0.3, 0.4) is 0 Å². The second-order valence-corrected chi connectivity index (χ2v) is 7.32. The number of carbonyl (C=O) groups excluding carboxylic acids is 1. The van der Waals surface area contributed by atoms with Crippen LogP contribution in [0, 0.1) is 0 Å². The normalized spacial score (nSPS) is 11.1. The molecule has 7 heteroatoms. The van der Waals surface area contributed by atoms with Gasteiger partial charge in [0.15, 0.2) is 18.1 Å². The summed E-state index contributed by atoms with van der Waals surface area (Å²) in [5.41, 5.74) is 2.49. The zero-order valence-corrected chi connectivity index (χ0v) is 16.5. The van der Waals surface area contributed by atoms with Crippen molar-refractivity contribution in [1.82, 2.24) is 15.0 Å². The maximum atomic E-state index is 12.2. The number of ether oxygens (including phenoxy) is 2. The van der Waals surface area contributed by atoms with Gasteiger partial charge in [0.1, 0.15) is 0 Å². The van der Waals surface area contributed by atoms with Gasteiger partial charge in [0, 0.05) is 11.1 Å². The fourth-order valence-corrected chi connectivity index (χ4v) is 2.70. The summed E-state index contributed by atoms with van der Waals surface area (Å²) < 4.78 is 12.5. The Morgan fingerprint density at radius 3 is 2.39 bits per heavy atom. The van der Waals surface area contributed by atoms with E-state index >= 15 is 0 Å². The third-order valence-corrected chi connectivity index (χ3v) is 4.14. The van der Waals surface area contributed by atoms with E-state index in [9.17, 15) is 4.79 Å². The lowest BCUT2D eigenvalue weighted by atomic mass is 9.92. The first kappa shape index (κ1) is 19.4. The number of nitrogens with one attached hydrogen (secondary N) is 1. The van der Waals surface area contributed by atoms with Gasteiger partial charge in [-0.25, -0.2) is 4.68 Å². The van der Waals surface area contributed by atoms with Crippen molar-refractivity contribution in [1.29, 1.82) is 0 Å². The van der Waals surface area contributed by atoms with Crippen molar-refractivity contribution in [2.24, 2.45) is 0 Å². The lowest BCUT2D eigenvalue weighted by Crippen LogP contribution is -2.20. The highest BCUT2D eigenvalue weighted by Crippen LogP contribution is 2.26. The second kappa shape index (κ2) is 8.12. The predicted molar refractivity (Wildman–Crippen MR) is 107 cm³/mol. The lowest BCUT2D eigenvalue weighted by molar-refractivity contribution is -0.118. The summed E-state index contributed by atoms with van der Waals surface area (Å²) in [6, 6.07) is 14.6. The lowest BCUT2D eigenvalue weighted by Gasteiger charge is -2.19. The Morgan fingerprint density at radius 1 is 1.07 bits per heavy atom. The highest BCUT2D eigenvalue weighted by atomic mass is 16.5. The van der Waals surface area contributed by atoms with Crippen LogP contribution >= 0.6 is 0 Å². The summed E-state index contributed by atoms with van der Waals surface area (Å²) >= 11 is 0. The van der Waals surface area contributed by atoms with Crippen LogP contribution in [0.15, 0.2) is 54.7 Å². The molecule has 0 aliphatic heterocycles. The molecule has 3 rings (SSSR count). The molecule has 1 aromatic heterocycles. The Kier molecular flexibility index (Phi) is 5.63. The third-order valence-electron chi connectivity index (χ3n) is 4.14. The van der Waals surface area contributed by atoms with E-state index in [1.165, 1.54) is 0 Å². The zero-order valence-electron chi connectivity index (χ0n) is 16.5. The van der Waals surface area contributed by atoms with Crippen molar-refractivity contribution < 1.29 is 14.3 Å².